The molecule has 0 fully saturated rings. The van der Waals surface area contributed by atoms with Gasteiger partial charge < -0.3 is 5.11 Å². The number of halogens is 1. The average molecular weight is 394 g/mol. The van der Waals surface area contributed by atoms with Gasteiger partial charge in [-0.25, -0.2) is 5.43 Å². The predicted molar refractivity (Wildman–Crippen MR) is 99.5 cm³/mol. The molecule has 0 spiro atoms. The number of aromatic hydroxyl groups is 1. The van der Waals surface area contributed by atoms with Gasteiger partial charge in [-0.05, 0) is 35.0 Å². The molecule has 0 heterocycles. The summed E-state index contributed by atoms with van der Waals surface area (Å²) < 4.78 is 0.984. The lowest BCUT2D eigenvalue weighted by Crippen LogP contribution is -2.17. The van der Waals surface area contributed by atoms with Crippen molar-refractivity contribution in [2.45, 2.75) is 0 Å². The van der Waals surface area contributed by atoms with E-state index in [-0.39, 0.29) is 16.9 Å². The topological polar surface area (TPSA) is 85.5 Å². The fraction of sp³-hybridized carbons (Fsp3) is 0. The summed E-state index contributed by atoms with van der Waals surface area (Å²) >= 11 is 3.51. The third-order valence-electron chi connectivity index (χ3n) is 3.65. The molecule has 6 heteroatoms. The molecule has 0 bridgehead atoms. The molecule has 1 amide bonds. The number of phenols is 1. The highest BCUT2D eigenvalue weighted by Gasteiger charge is 2.08. The van der Waals surface area contributed by atoms with E-state index in [0.717, 1.165) is 20.8 Å². The minimum atomic E-state index is -0.464. The van der Waals surface area contributed by atoms with Crippen molar-refractivity contribution in [1.82, 2.24) is 5.43 Å². The number of hydrogen-bond acceptors (Lipinski definition) is 4. The molecule has 0 atom stereocenters. The van der Waals surface area contributed by atoms with Crippen molar-refractivity contribution in [1.29, 1.82) is 5.26 Å². The first-order valence-electron chi connectivity index (χ1n) is 7.34. The van der Waals surface area contributed by atoms with Crippen molar-refractivity contribution in [3.63, 3.8) is 0 Å². The van der Waals surface area contributed by atoms with Crippen LogP contribution < -0.4 is 5.43 Å². The summed E-state index contributed by atoms with van der Waals surface area (Å²) in [6.45, 7) is 0. The van der Waals surface area contributed by atoms with Crippen molar-refractivity contribution in [3.8, 4) is 11.8 Å². The SMILES string of the molecule is N#Cc1cc(C(=O)N/N=C/c2cccc3c(Br)cccc23)ccc1O. The summed E-state index contributed by atoms with van der Waals surface area (Å²) in [5.74, 6) is -0.627. The zero-order valence-electron chi connectivity index (χ0n) is 12.9. The molecule has 0 saturated carbocycles. The van der Waals surface area contributed by atoms with Gasteiger partial charge in [-0.2, -0.15) is 10.4 Å². The maximum absolute atomic E-state index is 12.1. The number of amides is 1. The number of carbonyl (C=O) groups excluding carboxylic acids is 1. The Balaban J connectivity index is 1.81. The summed E-state index contributed by atoms with van der Waals surface area (Å²) in [5.41, 5.74) is 3.57. The molecule has 0 aliphatic heterocycles. The first-order valence-corrected chi connectivity index (χ1v) is 8.13. The fourth-order valence-electron chi connectivity index (χ4n) is 2.40. The van der Waals surface area contributed by atoms with E-state index in [1.165, 1.54) is 18.2 Å². The molecule has 0 unspecified atom stereocenters. The van der Waals surface area contributed by atoms with Crippen molar-refractivity contribution >= 4 is 38.8 Å². The van der Waals surface area contributed by atoms with Gasteiger partial charge in [0.2, 0.25) is 0 Å². The molecule has 0 saturated heterocycles. The van der Waals surface area contributed by atoms with Crippen LogP contribution in [0.3, 0.4) is 0 Å². The number of hydrazone groups is 1. The molecule has 0 radical (unpaired) electrons. The van der Waals surface area contributed by atoms with E-state index in [2.05, 4.69) is 26.5 Å². The Morgan fingerprint density at radius 2 is 1.92 bits per heavy atom. The number of phenolic OH excluding ortho intramolecular Hbond substituents is 1. The number of fused-ring (bicyclic) bond motifs is 1. The van der Waals surface area contributed by atoms with Crippen LogP contribution in [-0.2, 0) is 0 Å². The quantitative estimate of drug-likeness (QED) is 0.521. The van der Waals surface area contributed by atoms with Gasteiger partial charge in [-0.1, -0.05) is 46.3 Å². The average Bonchev–Trinajstić information content (AvgIpc) is 2.62. The molecule has 0 aromatic heterocycles. The smallest absolute Gasteiger partial charge is 0.271 e. The number of carbonyl (C=O) groups is 1. The monoisotopic (exact) mass is 393 g/mol. The van der Waals surface area contributed by atoms with Crippen LogP contribution >= 0.6 is 15.9 Å². The van der Waals surface area contributed by atoms with Crippen LogP contribution in [0.25, 0.3) is 10.8 Å². The first-order chi connectivity index (χ1) is 12.1. The molecule has 0 aliphatic carbocycles. The van der Waals surface area contributed by atoms with Crippen LogP contribution in [0.15, 0.2) is 64.2 Å². The van der Waals surface area contributed by atoms with Gasteiger partial charge >= 0.3 is 0 Å². The van der Waals surface area contributed by atoms with Crippen molar-refractivity contribution in [2.75, 3.05) is 0 Å². The normalized spacial score (nSPS) is 10.7. The molecule has 3 rings (SSSR count). The van der Waals surface area contributed by atoms with E-state index in [9.17, 15) is 9.90 Å². The van der Waals surface area contributed by atoms with Crippen LogP contribution in [0.4, 0.5) is 0 Å². The van der Waals surface area contributed by atoms with Gasteiger partial charge in [0.1, 0.15) is 11.8 Å². The van der Waals surface area contributed by atoms with E-state index in [0.29, 0.717) is 0 Å². The van der Waals surface area contributed by atoms with E-state index in [1.807, 2.05) is 42.5 Å². The molecule has 2 N–H and O–H groups in total. The van der Waals surface area contributed by atoms with Crippen molar-refractivity contribution in [2.24, 2.45) is 5.10 Å². The molecule has 5 nitrogen and oxygen atoms in total. The molecule has 25 heavy (non-hydrogen) atoms. The summed E-state index contributed by atoms with van der Waals surface area (Å²) in [6.07, 6.45) is 1.57. The van der Waals surface area contributed by atoms with E-state index < -0.39 is 5.91 Å². The van der Waals surface area contributed by atoms with Crippen LogP contribution in [0.2, 0.25) is 0 Å². The largest absolute Gasteiger partial charge is 0.507 e. The second kappa shape index (κ2) is 7.16. The number of nitrogens with zero attached hydrogens (tertiary/aromatic N) is 2. The van der Waals surface area contributed by atoms with Crippen molar-refractivity contribution < 1.29 is 9.90 Å². The first kappa shape index (κ1) is 16.7. The lowest BCUT2D eigenvalue weighted by molar-refractivity contribution is 0.0955. The Labute approximate surface area is 152 Å². The maximum atomic E-state index is 12.1. The van der Waals surface area contributed by atoms with Gasteiger partial charge in [-0.15, -0.1) is 0 Å². The molecule has 3 aromatic rings. The van der Waals surface area contributed by atoms with E-state index >= 15 is 0 Å². The summed E-state index contributed by atoms with van der Waals surface area (Å²) in [6, 6.07) is 17.5. The van der Waals surface area contributed by atoms with Crippen LogP contribution in [-0.4, -0.2) is 17.2 Å². The highest BCUT2D eigenvalue weighted by Crippen LogP contribution is 2.25. The third kappa shape index (κ3) is 3.52. The molecular formula is C19H12BrN3O2. The fourth-order valence-corrected chi connectivity index (χ4v) is 2.90. The highest BCUT2D eigenvalue weighted by molar-refractivity contribution is 9.10. The minimum absolute atomic E-state index is 0.0375. The number of rotatable bonds is 3. The standard InChI is InChI=1S/C19H12BrN3O2/c20-17-6-2-4-15-13(3-1-5-16(15)17)11-22-23-19(25)12-7-8-18(24)14(9-12)10-21/h1-9,11,24H,(H,23,25)/b22-11+. The van der Waals surface area contributed by atoms with Crippen LogP contribution in [0, 0.1) is 11.3 Å². The van der Waals surface area contributed by atoms with Gasteiger partial charge in [0.05, 0.1) is 11.8 Å². The summed E-state index contributed by atoms with van der Waals surface area (Å²) in [4.78, 5) is 12.1. The number of hydrogen-bond donors (Lipinski definition) is 2. The predicted octanol–water partition coefficient (Wildman–Crippen LogP) is 3.94. The molecule has 3 aromatic carbocycles. The number of benzene rings is 3. The lowest BCUT2D eigenvalue weighted by Gasteiger charge is -2.04. The Morgan fingerprint density at radius 1 is 1.16 bits per heavy atom. The lowest BCUT2D eigenvalue weighted by atomic mass is 10.1. The number of nitrogens with one attached hydrogen (secondary N) is 1. The summed E-state index contributed by atoms with van der Waals surface area (Å²) in [5, 5.41) is 24.4. The minimum Gasteiger partial charge on any atom is -0.507 e. The Hall–Kier alpha value is -3.17. The van der Waals surface area contributed by atoms with E-state index in [4.69, 9.17) is 5.26 Å². The maximum Gasteiger partial charge on any atom is 0.271 e. The zero-order valence-corrected chi connectivity index (χ0v) is 14.5. The van der Waals surface area contributed by atoms with Gasteiger partial charge in [0.25, 0.3) is 5.91 Å². The Morgan fingerprint density at radius 3 is 2.72 bits per heavy atom. The second-order valence-electron chi connectivity index (χ2n) is 5.23. The molecular weight excluding hydrogens is 382 g/mol. The van der Waals surface area contributed by atoms with Gasteiger partial charge in [-0.3, -0.25) is 4.79 Å². The summed E-state index contributed by atoms with van der Waals surface area (Å²) in [7, 11) is 0. The zero-order chi connectivity index (χ0) is 17.8. The Bertz CT molecular complexity index is 1040. The highest BCUT2D eigenvalue weighted by atomic mass is 79.9. The number of nitriles is 1. The Kier molecular flexibility index (Phi) is 4.78. The van der Waals surface area contributed by atoms with Crippen LogP contribution in [0.1, 0.15) is 21.5 Å². The third-order valence-corrected chi connectivity index (χ3v) is 4.34. The van der Waals surface area contributed by atoms with Crippen molar-refractivity contribution in [3.05, 3.63) is 75.8 Å². The molecule has 122 valence electrons. The second-order valence-corrected chi connectivity index (χ2v) is 6.08. The van der Waals surface area contributed by atoms with E-state index in [1.54, 1.807) is 6.21 Å². The van der Waals surface area contributed by atoms with Crippen LogP contribution in [0.5, 0.6) is 5.75 Å². The van der Waals surface area contributed by atoms with Gasteiger partial charge in [0.15, 0.2) is 0 Å². The molecule has 0 aliphatic rings. The van der Waals surface area contributed by atoms with Gasteiger partial charge in [0, 0.05) is 15.6 Å².